The van der Waals surface area contributed by atoms with Gasteiger partial charge in [-0.15, -0.1) is 0 Å². The first-order valence-corrected chi connectivity index (χ1v) is 8.73. The normalized spacial score (nSPS) is 17.7. The summed E-state index contributed by atoms with van der Waals surface area (Å²) >= 11 is 0. The molecule has 0 bridgehead atoms. The third-order valence-corrected chi connectivity index (χ3v) is 4.53. The summed E-state index contributed by atoms with van der Waals surface area (Å²) in [5.41, 5.74) is 1.77. The average Bonchev–Trinajstić information content (AvgIpc) is 3.13. The monoisotopic (exact) mass is 348 g/mol. The van der Waals surface area contributed by atoms with Crippen LogP contribution in [0.15, 0.2) is 67.1 Å². The molecule has 1 unspecified atom stereocenters. The maximum absolute atomic E-state index is 12.9. The topological polar surface area (TPSA) is 60.2 Å². The Kier molecular flexibility index (Phi) is 4.75. The molecule has 1 amide bonds. The molecular weight excluding hydrogens is 328 g/mol. The molecule has 26 heavy (non-hydrogen) atoms. The van der Waals surface area contributed by atoms with E-state index in [-0.39, 0.29) is 12.0 Å². The number of carbonyl (C=O) groups is 1. The highest BCUT2D eigenvalue weighted by Crippen LogP contribution is 2.24. The van der Waals surface area contributed by atoms with E-state index in [1.54, 1.807) is 35.4 Å². The van der Waals surface area contributed by atoms with Crippen molar-refractivity contribution in [3.63, 3.8) is 0 Å². The van der Waals surface area contributed by atoms with E-state index < -0.39 is 0 Å². The minimum Gasteiger partial charge on any atom is -0.372 e. The van der Waals surface area contributed by atoms with Gasteiger partial charge in [0.2, 0.25) is 0 Å². The largest absolute Gasteiger partial charge is 0.372 e. The van der Waals surface area contributed by atoms with Crippen LogP contribution in [-0.4, -0.2) is 45.3 Å². The summed E-state index contributed by atoms with van der Waals surface area (Å²) in [4.78, 5) is 19.1. The SMILES string of the molecule is O=C(c1ccnc(-n2cccn2)c1)N1CCOC(c2ccccc2)CC1. The van der Waals surface area contributed by atoms with Crippen LogP contribution >= 0.6 is 0 Å². The second kappa shape index (κ2) is 7.49. The number of ether oxygens (including phenoxy) is 1. The summed E-state index contributed by atoms with van der Waals surface area (Å²) in [7, 11) is 0. The summed E-state index contributed by atoms with van der Waals surface area (Å²) in [6, 6.07) is 15.5. The fraction of sp³-hybridized carbons (Fsp3) is 0.250. The molecule has 3 heterocycles. The molecule has 2 aromatic heterocycles. The molecule has 0 radical (unpaired) electrons. The highest BCUT2D eigenvalue weighted by molar-refractivity contribution is 5.94. The molecule has 1 fully saturated rings. The lowest BCUT2D eigenvalue weighted by molar-refractivity contribution is 0.0585. The van der Waals surface area contributed by atoms with Gasteiger partial charge in [-0.05, 0) is 30.2 Å². The van der Waals surface area contributed by atoms with E-state index in [9.17, 15) is 4.79 Å². The van der Waals surface area contributed by atoms with E-state index in [0.717, 1.165) is 12.0 Å². The summed E-state index contributed by atoms with van der Waals surface area (Å²) in [6.07, 6.45) is 5.96. The highest BCUT2D eigenvalue weighted by atomic mass is 16.5. The molecule has 3 aromatic rings. The van der Waals surface area contributed by atoms with Crippen LogP contribution in [-0.2, 0) is 4.74 Å². The Morgan fingerprint density at radius 2 is 1.96 bits per heavy atom. The second-order valence-corrected chi connectivity index (χ2v) is 6.20. The van der Waals surface area contributed by atoms with Gasteiger partial charge in [0, 0.05) is 37.2 Å². The van der Waals surface area contributed by atoms with Crippen LogP contribution in [0.1, 0.15) is 28.4 Å². The molecule has 4 rings (SSSR count). The van der Waals surface area contributed by atoms with Gasteiger partial charge in [-0.25, -0.2) is 9.67 Å². The Morgan fingerprint density at radius 3 is 2.77 bits per heavy atom. The first kappa shape index (κ1) is 16.5. The first-order chi connectivity index (χ1) is 12.8. The van der Waals surface area contributed by atoms with Crippen LogP contribution in [0.4, 0.5) is 0 Å². The lowest BCUT2D eigenvalue weighted by Gasteiger charge is -2.20. The zero-order valence-corrected chi connectivity index (χ0v) is 14.4. The second-order valence-electron chi connectivity index (χ2n) is 6.20. The van der Waals surface area contributed by atoms with Crippen LogP contribution in [0.2, 0.25) is 0 Å². The summed E-state index contributed by atoms with van der Waals surface area (Å²) < 4.78 is 7.61. The molecule has 6 nitrogen and oxygen atoms in total. The summed E-state index contributed by atoms with van der Waals surface area (Å²) in [5, 5.41) is 4.17. The van der Waals surface area contributed by atoms with E-state index in [2.05, 4.69) is 22.2 Å². The minimum absolute atomic E-state index is 0.00174. The number of aromatic nitrogens is 3. The minimum atomic E-state index is -0.00174. The number of benzene rings is 1. The van der Waals surface area contributed by atoms with Crippen molar-refractivity contribution in [2.75, 3.05) is 19.7 Å². The molecular formula is C20H20N4O2. The number of hydrogen-bond acceptors (Lipinski definition) is 4. The van der Waals surface area contributed by atoms with Crippen molar-refractivity contribution in [2.45, 2.75) is 12.5 Å². The van der Waals surface area contributed by atoms with Crippen molar-refractivity contribution >= 4 is 5.91 Å². The molecule has 0 N–H and O–H groups in total. The number of amides is 1. The summed E-state index contributed by atoms with van der Waals surface area (Å²) in [5.74, 6) is 0.632. The molecule has 132 valence electrons. The van der Waals surface area contributed by atoms with Gasteiger partial charge in [-0.2, -0.15) is 5.10 Å². The van der Waals surface area contributed by atoms with Crippen molar-refractivity contribution in [1.82, 2.24) is 19.7 Å². The number of pyridine rings is 1. The van der Waals surface area contributed by atoms with Crippen molar-refractivity contribution in [3.05, 3.63) is 78.2 Å². The smallest absolute Gasteiger partial charge is 0.254 e. The lowest BCUT2D eigenvalue weighted by Crippen LogP contribution is -2.33. The molecule has 1 atom stereocenters. The lowest BCUT2D eigenvalue weighted by atomic mass is 10.1. The zero-order valence-electron chi connectivity index (χ0n) is 14.4. The highest BCUT2D eigenvalue weighted by Gasteiger charge is 2.23. The number of nitrogens with zero attached hydrogens (tertiary/aromatic N) is 4. The zero-order chi connectivity index (χ0) is 17.8. The van der Waals surface area contributed by atoms with Gasteiger partial charge in [-0.3, -0.25) is 4.79 Å². The van der Waals surface area contributed by atoms with E-state index in [0.29, 0.717) is 31.1 Å². The van der Waals surface area contributed by atoms with Crippen LogP contribution in [0.3, 0.4) is 0 Å². The number of rotatable bonds is 3. The Morgan fingerprint density at radius 1 is 1.08 bits per heavy atom. The van der Waals surface area contributed by atoms with E-state index in [1.165, 1.54) is 0 Å². The quantitative estimate of drug-likeness (QED) is 0.730. The van der Waals surface area contributed by atoms with Crippen LogP contribution in [0, 0.1) is 0 Å². The van der Waals surface area contributed by atoms with Crippen molar-refractivity contribution in [1.29, 1.82) is 0 Å². The van der Waals surface area contributed by atoms with Gasteiger partial charge >= 0.3 is 0 Å². The van der Waals surface area contributed by atoms with Crippen molar-refractivity contribution < 1.29 is 9.53 Å². The Labute approximate surface area is 152 Å². The standard InChI is InChI=1S/C20H20N4O2/c25-20(17-7-10-21-19(15-17)24-11-4-9-22-24)23-12-8-18(26-14-13-23)16-5-2-1-3-6-16/h1-7,9-11,15,18H,8,12-14H2. The van der Waals surface area contributed by atoms with Gasteiger partial charge in [0.05, 0.1) is 12.7 Å². The number of carbonyl (C=O) groups excluding carboxylic acids is 1. The Balaban J connectivity index is 1.48. The third-order valence-electron chi connectivity index (χ3n) is 4.53. The number of hydrogen-bond donors (Lipinski definition) is 0. The van der Waals surface area contributed by atoms with E-state index in [4.69, 9.17) is 4.74 Å². The molecule has 6 heteroatoms. The molecule has 1 aromatic carbocycles. The van der Waals surface area contributed by atoms with Gasteiger partial charge in [0.25, 0.3) is 5.91 Å². The fourth-order valence-electron chi connectivity index (χ4n) is 3.17. The van der Waals surface area contributed by atoms with Crippen LogP contribution in [0.25, 0.3) is 5.82 Å². The van der Waals surface area contributed by atoms with E-state index in [1.807, 2.05) is 29.2 Å². The Bertz CT molecular complexity index is 865. The predicted octanol–water partition coefficient (Wildman–Crippen LogP) is 2.87. The van der Waals surface area contributed by atoms with Crippen LogP contribution < -0.4 is 0 Å². The van der Waals surface area contributed by atoms with Crippen molar-refractivity contribution in [3.8, 4) is 5.82 Å². The van der Waals surface area contributed by atoms with Gasteiger partial charge in [0.1, 0.15) is 0 Å². The van der Waals surface area contributed by atoms with Gasteiger partial charge in [0.15, 0.2) is 5.82 Å². The Hall–Kier alpha value is -2.99. The van der Waals surface area contributed by atoms with Gasteiger partial charge < -0.3 is 9.64 Å². The molecule has 1 aliphatic rings. The fourth-order valence-corrected chi connectivity index (χ4v) is 3.17. The summed E-state index contributed by atoms with van der Waals surface area (Å²) in [6.45, 7) is 1.78. The maximum Gasteiger partial charge on any atom is 0.254 e. The molecule has 0 spiro atoms. The predicted molar refractivity (Wildman–Crippen MR) is 97.0 cm³/mol. The maximum atomic E-state index is 12.9. The average molecular weight is 348 g/mol. The molecule has 0 aliphatic carbocycles. The molecule has 1 aliphatic heterocycles. The molecule has 1 saturated heterocycles. The van der Waals surface area contributed by atoms with E-state index >= 15 is 0 Å². The van der Waals surface area contributed by atoms with Crippen LogP contribution in [0.5, 0.6) is 0 Å². The molecule has 0 saturated carbocycles. The first-order valence-electron chi connectivity index (χ1n) is 8.73. The van der Waals surface area contributed by atoms with Crippen molar-refractivity contribution in [2.24, 2.45) is 0 Å². The van der Waals surface area contributed by atoms with Gasteiger partial charge in [-0.1, -0.05) is 30.3 Å². The third kappa shape index (κ3) is 3.50.